The second-order valence-electron chi connectivity index (χ2n) is 6.10. The van der Waals surface area contributed by atoms with Crippen LogP contribution in [0.5, 0.6) is 0 Å². The van der Waals surface area contributed by atoms with Crippen molar-refractivity contribution in [3.63, 3.8) is 0 Å². The quantitative estimate of drug-likeness (QED) is 0.674. The molecule has 26 heavy (non-hydrogen) atoms. The molecule has 2 aromatic carbocycles. The molecule has 0 radical (unpaired) electrons. The lowest BCUT2D eigenvalue weighted by Gasteiger charge is -2.11. The third kappa shape index (κ3) is 6.64. The molecule has 6 nitrogen and oxygen atoms in total. The molecule has 0 aliphatic heterocycles. The van der Waals surface area contributed by atoms with E-state index in [4.69, 9.17) is 16.3 Å². The maximum absolute atomic E-state index is 12.0. The normalized spacial score (nSPS) is 10.3. The van der Waals surface area contributed by atoms with E-state index in [0.29, 0.717) is 29.5 Å². The second-order valence-corrected chi connectivity index (χ2v) is 6.50. The maximum atomic E-state index is 12.0. The highest BCUT2D eigenvalue weighted by atomic mass is 35.5. The predicted octanol–water partition coefficient (Wildman–Crippen LogP) is 4.87. The summed E-state index contributed by atoms with van der Waals surface area (Å²) in [5.74, 6) is 0.260. The van der Waals surface area contributed by atoms with Gasteiger partial charge in [-0.25, -0.2) is 9.59 Å². The molecule has 0 bridgehead atoms. The van der Waals surface area contributed by atoms with Crippen LogP contribution in [0.3, 0.4) is 0 Å². The van der Waals surface area contributed by atoms with Crippen LogP contribution in [0.2, 0.25) is 5.02 Å². The lowest BCUT2D eigenvalue weighted by atomic mass is 10.2. The third-order valence-electron chi connectivity index (χ3n) is 3.31. The number of carbonyl (C=O) groups excluding carboxylic acids is 2. The minimum Gasteiger partial charge on any atom is -0.449 e. The van der Waals surface area contributed by atoms with Crippen LogP contribution in [0.4, 0.5) is 21.0 Å². The molecule has 0 atom stereocenters. The van der Waals surface area contributed by atoms with Crippen molar-refractivity contribution in [2.75, 3.05) is 17.2 Å². The van der Waals surface area contributed by atoms with Crippen molar-refractivity contribution in [3.8, 4) is 0 Å². The first-order chi connectivity index (χ1) is 12.4. The number of urea groups is 1. The van der Waals surface area contributed by atoms with Gasteiger partial charge in [0.1, 0.15) is 0 Å². The first kappa shape index (κ1) is 19.6. The van der Waals surface area contributed by atoms with E-state index < -0.39 is 6.09 Å². The highest BCUT2D eigenvalue weighted by molar-refractivity contribution is 6.31. The third-order valence-corrected chi connectivity index (χ3v) is 3.68. The Balaban J connectivity index is 1.86. The SMILES string of the molecule is CC(C)COC(=O)Nc1cccc(NC(=O)NCc2ccccc2Cl)c1. The summed E-state index contributed by atoms with van der Waals surface area (Å²) < 4.78 is 5.06. The Bertz CT molecular complexity index is 765. The molecule has 0 saturated carbocycles. The highest BCUT2D eigenvalue weighted by Crippen LogP contribution is 2.16. The van der Waals surface area contributed by atoms with Gasteiger partial charge in [0, 0.05) is 22.9 Å². The summed E-state index contributed by atoms with van der Waals surface area (Å²) in [6.45, 7) is 4.57. The molecular formula is C19H22ClN3O3. The van der Waals surface area contributed by atoms with Gasteiger partial charge in [0.2, 0.25) is 0 Å². The zero-order valence-electron chi connectivity index (χ0n) is 14.7. The van der Waals surface area contributed by atoms with Gasteiger partial charge in [-0.1, -0.05) is 49.7 Å². The van der Waals surface area contributed by atoms with Gasteiger partial charge in [0.05, 0.1) is 6.61 Å². The smallest absolute Gasteiger partial charge is 0.411 e. The Kier molecular flexibility index (Phi) is 7.29. The molecule has 2 aromatic rings. The lowest BCUT2D eigenvalue weighted by Crippen LogP contribution is -2.28. The van der Waals surface area contributed by atoms with Crippen LogP contribution in [-0.4, -0.2) is 18.7 Å². The standard InChI is InChI=1S/C19H22ClN3O3/c1-13(2)12-26-19(25)23-16-8-5-7-15(10-16)22-18(24)21-11-14-6-3-4-9-17(14)20/h3-10,13H,11-12H2,1-2H3,(H,23,25)(H2,21,22,24). The molecule has 138 valence electrons. The van der Waals surface area contributed by atoms with E-state index in [-0.39, 0.29) is 11.9 Å². The fourth-order valence-corrected chi connectivity index (χ4v) is 2.27. The van der Waals surface area contributed by atoms with E-state index >= 15 is 0 Å². The molecular weight excluding hydrogens is 354 g/mol. The topological polar surface area (TPSA) is 79.5 Å². The fraction of sp³-hybridized carbons (Fsp3) is 0.263. The van der Waals surface area contributed by atoms with E-state index in [2.05, 4.69) is 16.0 Å². The number of hydrogen-bond acceptors (Lipinski definition) is 3. The number of nitrogens with one attached hydrogen (secondary N) is 3. The van der Waals surface area contributed by atoms with E-state index in [1.165, 1.54) is 0 Å². The molecule has 7 heteroatoms. The molecule has 0 fully saturated rings. The van der Waals surface area contributed by atoms with E-state index in [9.17, 15) is 9.59 Å². The monoisotopic (exact) mass is 375 g/mol. The number of hydrogen-bond donors (Lipinski definition) is 3. The number of ether oxygens (including phenoxy) is 1. The largest absolute Gasteiger partial charge is 0.449 e. The van der Waals surface area contributed by atoms with Crippen molar-refractivity contribution in [1.29, 1.82) is 0 Å². The number of carbonyl (C=O) groups is 2. The summed E-state index contributed by atoms with van der Waals surface area (Å²) in [6, 6.07) is 13.7. The molecule has 0 unspecified atom stereocenters. The molecule has 0 heterocycles. The van der Waals surface area contributed by atoms with Crippen LogP contribution in [0, 0.1) is 5.92 Å². The van der Waals surface area contributed by atoms with Gasteiger partial charge in [-0.2, -0.15) is 0 Å². The van der Waals surface area contributed by atoms with E-state index in [1.54, 1.807) is 30.3 Å². The predicted molar refractivity (Wildman–Crippen MR) is 104 cm³/mol. The number of anilines is 2. The molecule has 0 aliphatic rings. The van der Waals surface area contributed by atoms with Crippen molar-refractivity contribution in [3.05, 3.63) is 59.1 Å². The van der Waals surface area contributed by atoms with Gasteiger partial charge in [0.15, 0.2) is 0 Å². The number of rotatable bonds is 6. The number of benzene rings is 2. The van der Waals surface area contributed by atoms with Crippen molar-refractivity contribution >= 4 is 35.1 Å². The Morgan fingerprint density at radius 1 is 1.04 bits per heavy atom. The Hall–Kier alpha value is -2.73. The average molecular weight is 376 g/mol. The number of amides is 3. The first-order valence-corrected chi connectivity index (χ1v) is 8.64. The summed E-state index contributed by atoms with van der Waals surface area (Å²) in [6.07, 6.45) is -0.529. The van der Waals surface area contributed by atoms with Crippen LogP contribution in [-0.2, 0) is 11.3 Å². The zero-order chi connectivity index (χ0) is 18.9. The summed E-state index contributed by atoms with van der Waals surface area (Å²) >= 11 is 6.06. The molecule has 3 amide bonds. The average Bonchev–Trinajstić information content (AvgIpc) is 2.59. The highest BCUT2D eigenvalue weighted by Gasteiger charge is 2.07. The van der Waals surface area contributed by atoms with Gasteiger partial charge >= 0.3 is 12.1 Å². The summed E-state index contributed by atoms with van der Waals surface area (Å²) in [5, 5.41) is 8.67. The fourth-order valence-electron chi connectivity index (χ4n) is 2.06. The van der Waals surface area contributed by atoms with Crippen LogP contribution in [0.15, 0.2) is 48.5 Å². The molecule has 0 spiro atoms. The second kappa shape index (κ2) is 9.68. The van der Waals surface area contributed by atoms with Crippen molar-refractivity contribution in [1.82, 2.24) is 5.32 Å². The summed E-state index contributed by atoms with van der Waals surface area (Å²) in [5.41, 5.74) is 1.90. The van der Waals surface area contributed by atoms with Crippen molar-refractivity contribution in [2.45, 2.75) is 20.4 Å². The van der Waals surface area contributed by atoms with Crippen LogP contribution in [0.25, 0.3) is 0 Å². The Morgan fingerprint density at radius 2 is 1.73 bits per heavy atom. The van der Waals surface area contributed by atoms with Gasteiger partial charge in [-0.3, -0.25) is 5.32 Å². The first-order valence-electron chi connectivity index (χ1n) is 8.26. The van der Waals surface area contributed by atoms with Gasteiger partial charge in [0.25, 0.3) is 0 Å². The molecule has 3 N–H and O–H groups in total. The summed E-state index contributed by atoms with van der Waals surface area (Å²) in [4.78, 5) is 23.7. The molecule has 0 aromatic heterocycles. The maximum Gasteiger partial charge on any atom is 0.411 e. The Morgan fingerprint density at radius 3 is 2.42 bits per heavy atom. The van der Waals surface area contributed by atoms with Gasteiger partial charge in [-0.05, 0) is 35.7 Å². The van der Waals surface area contributed by atoms with Crippen molar-refractivity contribution in [2.24, 2.45) is 5.92 Å². The van der Waals surface area contributed by atoms with Gasteiger partial charge in [-0.15, -0.1) is 0 Å². The minimum atomic E-state index is -0.529. The van der Waals surface area contributed by atoms with Crippen molar-refractivity contribution < 1.29 is 14.3 Å². The Labute approximate surface area is 157 Å². The van der Waals surface area contributed by atoms with Crippen LogP contribution < -0.4 is 16.0 Å². The van der Waals surface area contributed by atoms with Gasteiger partial charge < -0.3 is 15.4 Å². The minimum absolute atomic E-state index is 0.260. The lowest BCUT2D eigenvalue weighted by molar-refractivity contribution is 0.147. The van der Waals surface area contributed by atoms with Crippen LogP contribution in [0.1, 0.15) is 19.4 Å². The molecule has 2 rings (SSSR count). The molecule has 0 aliphatic carbocycles. The number of halogens is 1. The summed E-state index contributed by atoms with van der Waals surface area (Å²) in [7, 11) is 0. The van der Waals surface area contributed by atoms with Crippen LogP contribution >= 0.6 is 11.6 Å². The van der Waals surface area contributed by atoms with E-state index in [1.807, 2.05) is 32.0 Å². The zero-order valence-corrected chi connectivity index (χ0v) is 15.5. The molecule has 0 saturated heterocycles. The van der Waals surface area contributed by atoms with E-state index in [0.717, 1.165) is 5.56 Å².